The maximum atomic E-state index is 9.46. The lowest BCUT2D eigenvalue weighted by atomic mass is 9.84. The highest BCUT2D eigenvalue weighted by atomic mass is 16.5. The fraction of sp³-hybridized carbons (Fsp3) is 0.750. The molecule has 0 atom stereocenters. The number of carbonyl (C=O) groups is 1. The van der Waals surface area contributed by atoms with Gasteiger partial charge in [0.25, 0.3) is 6.47 Å². The minimum absolute atomic E-state index is 0.324. The van der Waals surface area contributed by atoms with E-state index in [9.17, 15) is 4.79 Å². The summed E-state index contributed by atoms with van der Waals surface area (Å²) in [6.45, 7) is 4.28. The van der Waals surface area contributed by atoms with Crippen LogP contribution >= 0.6 is 0 Å². The summed E-state index contributed by atoms with van der Waals surface area (Å²) in [5.74, 6) is 0.324. The third kappa shape index (κ3) is 5.53. The van der Waals surface area contributed by atoms with E-state index in [0.717, 1.165) is 0 Å². The third-order valence-corrected chi connectivity index (χ3v) is 0.406. The van der Waals surface area contributed by atoms with Crippen LogP contribution in [-0.4, -0.2) is 14.0 Å². The summed E-state index contributed by atoms with van der Waals surface area (Å²) in [4.78, 5) is 9.46. The van der Waals surface area contributed by atoms with Gasteiger partial charge in [0.2, 0.25) is 0 Å². The predicted molar refractivity (Wildman–Crippen MR) is 28.0 cm³/mol. The number of hydrogen-bond donors (Lipinski definition) is 0. The van der Waals surface area contributed by atoms with E-state index in [4.69, 9.17) is 0 Å². The summed E-state index contributed by atoms with van der Waals surface area (Å²) < 4.78 is 4.29. The molecule has 7 heavy (non-hydrogen) atoms. The van der Waals surface area contributed by atoms with E-state index in [1.54, 1.807) is 0 Å². The summed E-state index contributed by atoms with van der Waals surface area (Å²) in [6, 6.07) is 0. The summed E-state index contributed by atoms with van der Waals surface area (Å²) in [6.07, 6.45) is 0. The van der Waals surface area contributed by atoms with Gasteiger partial charge in [-0.15, -0.1) is 0 Å². The predicted octanol–water partition coefficient (Wildman–Crippen LogP) is 0.607. The van der Waals surface area contributed by atoms with E-state index >= 15 is 0 Å². The smallest absolute Gasteiger partial charge is 0.376 e. The van der Waals surface area contributed by atoms with Crippen molar-refractivity contribution >= 4 is 14.0 Å². The van der Waals surface area contributed by atoms with Crippen LogP contribution in [0, 0.1) is 0 Å². The fourth-order valence-electron chi connectivity index (χ4n) is 0.189. The Balaban J connectivity index is 2.81. The second-order valence-corrected chi connectivity index (χ2v) is 1.61. The van der Waals surface area contributed by atoms with Gasteiger partial charge in [0.05, 0.1) is 0 Å². The van der Waals surface area contributed by atoms with Crippen molar-refractivity contribution in [1.82, 2.24) is 0 Å². The largest absolute Gasteiger partial charge is 0.541 e. The molecular formula is C4H8BO2. The first kappa shape index (κ1) is 6.53. The zero-order valence-corrected chi connectivity index (χ0v) is 4.55. The van der Waals surface area contributed by atoms with Crippen molar-refractivity contribution < 1.29 is 9.45 Å². The zero-order valence-electron chi connectivity index (χ0n) is 4.55. The van der Waals surface area contributed by atoms with Crippen LogP contribution in [0.5, 0.6) is 0 Å². The number of carbonyl (C=O) groups excluding carboxylic acids is 1. The standard InChI is InChI=1S/C4H8BO2/c1-4(2)5-7-3-6/h3-4H,1-2H3. The summed E-state index contributed by atoms with van der Waals surface area (Å²) in [7, 11) is 1.48. The Morgan fingerprint density at radius 1 is 1.71 bits per heavy atom. The first-order chi connectivity index (χ1) is 3.27. The van der Waals surface area contributed by atoms with Crippen molar-refractivity contribution in [1.29, 1.82) is 0 Å². The Hall–Kier alpha value is -0.465. The quantitative estimate of drug-likeness (QED) is 0.382. The van der Waals surface area contributed by atoms with Gasteiger partial charge in [-0.25, -0.2) is 0 Å². The van der Waals surface area contributed by atoms with Crippen LogP contribution in [0.25, 0.3) is 0 Å². The molecule has 0 spiro atoms. The third-order valence-electron chi connectivity index (χ3n) is 0.406. The fourth-order valence-corrected chi connectivity index (χ4v) is 0.189. The minimum Gasteiger partial charge on any atom is -0.541 e. The Kier molecular flexibility index (Phi) is 3.47. The highest BCUT2D eigenvalue weighted by Gasteiger charge is 1.95. The van der Waals surface area contributed by atoms with Crippen molar-refractivity contribution in [2.45, 2.75) is 19.7 Å². The second kappa shape index (κ2) is 3.72. The maximum Gasteiger partial charge on any atom is 0.376 e. The molecule has 0 aromatic rings. The Morgan fingerprint density at radius 2 is 2.29 bits per heavy atom. The second-order valence-electron chi connectivity index (χ2n) is 1.61. The molecule has 0 rings (SSSR count). The van der Waals surface area contributed by atoms with Gasteiger partial charge in [-0.1, -0.05) is 13.8 Å². The summed E-state index contributed by atoms with van der Waals surface area (Å²) >= 11 is 0. The highest BCUT2D eigenvalue weighted by Crippen LogP contribution is 1.94. The first-order valence-electron chi connectivity index (χ1n) is 2.20. The molecule has 1 radical (unpaired) electrons. The van der Waals surface area contributed by atoms with E-state index in [0.29, 0.717) is 12.3 Å². The van der Waals surface area contributed by atoms with E-state index in [2.05, 4.69) is 4.65 Å². The zero-order chi connectivity index (χ0) is 5.70. The Labute approximate surface area is 44.1 Å². The molecule has 0 aliphatic heterocycles. The normalized spacial score (nSPS) is 8.43. The van der Waals surface area contributed by atoms with Gasteiger partial charge in [0.15, 0.2) is 0 Å². The van der Waals surface area contributed by atoms with E-state index in [1.807, 2.05) is 13.8 Å². The van der Waals surface area contributed by atoms with Crippen molar-refractivity contribution in [3.8, 4) is 0 Å². The van der Waals surface area contributed by atoms with Crippen LogP contribution in [0.15, 0.2) is 0 Å². The number of hydrogen-bond acceptors (Lipinski definition) is 2. The Morgan fingerprint density at radius 3 is 2.43 bits per heavy atom. The topological polar surface area (TPSA) is 26.3 Å². The van der Waals surface area contributed by atoms with Gasteiger partial charge in [0.1, 0.15) is 0 Å². The molecule has 0 N–H and O–H groups in total. The molecule has 0 fully saturated rings. The maximum absolute atomic E-state index is 9.46. The van der Waals surface area contributed by atoms with E-state index in [-0.39, 0.29) is 0 Å². The SMILES string of the molecule is CC(C)[B]OC=O. The lowest BCUT2D eigenvalue weighted by molar-refractivity contribution is -0.120. The van der Waals surface area contributed by atoms with Gasteiger partial charge in [-0.05, 0) is 5.82 Å². The van der Waals surface area contributed by atoms with E-state index < -0.39 is 0 Å². The molecule has 0 aliphatic carbocycles. The molecule has 0 heterocycles. The molecule has 0 aromatic heterocycles. The molecule has 0 aromatic carbocycles. The monoisotopic (exact) mass is 99.1 g/mol. The van der Waals surface area contributed by atoms with E-state index in [1.165, 1.54) is 7.48 Å². The number of rotatable bonds is 3. The molecule has 0 saturated carbocycles. The van der Waals surface area contributed by atoms with Gasteiger partial charge in [-0.3, -0.25) is 4.79 Å². The van der Waals surface area contributed by atoms with Crippen molar-refractivity contribution in [2.24, 2.45) is 0 Å². The van der Waals surface area contributed by atoms with Gasteiger partial charge in [0, 0.05) is 0 Å². The van der Waals surface area contributed by atoms with Crippen LogP contribution in [-0.2, 0) is 9.45 Å². The summed E-state index contributed by atoms with van der Waals surface area (Å²) in [5.41, 5.74) is 0. The van der Waals surface area contributed by atoms with Crippen LogP contribution in [0.2, 0.25) is 5.82 Å². The van der Waals surface area contributed by atoms with Gasteiger partial charge < -0.3 is 4.65 Å². The molecule has 0 saturated heterocycles. The molecule has 0 amide bonds. The molecule has 3 heteroatoms. The minimum atomic E-state index is 0.324. The highest BCUT2D eigenvalue weighted by molar-refractivity contribution is 6.31. The van der Waals surface area contributed by atoms with Crippen LogP contribution in [0.4, 0.5) is 0 Å². The molecular weight excluding hydrogens is 90.9 g/mol. The van der Waals surface area contributed by atoms with Gasteiger partial charge >= 0.3 is 7.48 Å². The van der Waals surface area contributed by atoms with Crippen LogP contribution in [0.3, 0.4) is 0 Å². The van der Waals surface area contributed by atoms with Crippen molar-refractivity contribution in [3.05, 3.63) is 0 Å². The summed E-state index contributed by atoms with van der Waals surface area (Å²) in [5, 5.41) is 0. The lowest BCUT2D eigenvalue weighted by Crippen LogP contribution is -1.99. The van der Waals surface area contributed by atoms with Crippen LogP contribution in [0.1, 0.15) is 13.8 Å². The average Bonchev–Trinajstić information content (AvgIpc) is 1.61. The molecule has 0 aliphatic rings. The average molecular weight is 98.9 g/mol. The van der Waals surface area contributed by atoms with Crippen molar-refractivity contribution in [3.63, 3.8) is 0 Å². The Bertz CT molecular complexity index is 53.7. The lowest BCUT2D eigenvalue weighted by Gasteiger charge is -1.94. The molecule has 39 valence electrons. The van der Waals surface area contributed by atoms with Crippen LogP contribution < -0.4 is 0 Å². The molecule has 0 bridgehead atoms. The van der Waals surface area contributed by atoms with Crippen molar-refractivity contribution in [2.75, 3.05) is 0 Å². The molecule has 0 unspecified atom stereocenters. The van der Waals surface area contributed by atoms with Gasteiger partial charge in [-0.2, -0.15) is 0 Å². The first-order valence-corrected chi connectivity index (χ1v) is 2.20. The molecule has 2 nitrogen and oxygen atoms in total.